The molecule has 0 N–H and O–H groups in total. The van der Waals surface area contributed by atoms with Crippen LogP contribution in [0.15, 0.2) is 35.9 Å². The minimum atomic E-state index is -4.30. The Labute approximate surface area is 103 Å². The first-order valence-corrected chi connectivity index (χ1v) is 5.52. The molecule has 2 nitrogen and oxygen atoms in total. The maximum atomic E-state index is 12.4. The lowest BCUT2D eigenvalue weighted by Crippen LogP contribution is -2.28. The van der Waals surface area contributed by atoms with Gasteiger partial charge in [-0.25, -0.2) is 0 Å². The van der Waals surface area contributed by atoms with E-state index in [0.29, 0.717) is 19.5 Å². The van der Waals surface area contributed by atoms with Crippen molar-refractivity contribution in [2.45, 2.75) is 12.6 Å². The van der Waals surface area contributed by atoms with E-state index in [9.17, 15) is 13.2 Å². The van der Waals surface area contributed by atoms with Crippen LogP contribution in [-0.2, 0) is 6.18 Å². The summed E-state index contributed by atoms with van der Waals surface area (Å²) < 4.78 is 37.2. The van der Waals surface area contributed by atoms with Gasteiger partial charge in [0.2, 0.25) is 0 Å². The van der Waals surface area contributed by atoms with Gasteiger partial charge in [-0.2, -0.15) is 18.4 Å². The summed E-state index contributed by atoms with van der Waals surface area (Å²) in [6, 6.07) is 7.19. The number of halogens is 3. The average Bonchev–Trinajstić information content (AvgIpc) is 2.38. The van der Waals surface area contributed by atoms with Gasteiger partial charge in [0.25, 0.3) is 0 Å². The first-order valence-electron chi connectivity index (χ1n) is 5.52. The van der Waals surface area contributed by atoms with Crippen LogP contribution >= 0.6 is 0 Å². The molecule has 0 atom stereocenters. The molecule has 1 aromatic rings. The summed E-state index contributed by atoms with van der Waals surface area (Å²) in [5, 5.41) is 8.71. The monoisotopic (exact) mass is 252 g/mol. The molecule has 5 heteroatoms. The maximum Gasteiger partial charge on any atom is 0.416 e. The molecule has 0 amide bonds. The summed E-state index contributed by atoms with van der Waals surface area (Å²) in [5.74, 6) is 0. The molecule has 2 rings (SSSR count). The Morgan fingerprint density at radius 1 is 1.17 bits per heavy atom. The van der Waals surface area contributed by atoms with Gasteiger partial charge in [-0.15, -0.1) is 0 Å². The van der Waals surface area contributed by atoms with Crippen LogP contribution in [0.4, 0.5) is 18.9 Å². The van der Waals surface area contributed by atoms with Crippen molar-refractivity contribution in [3.63, 3.8) is 0 Å². The molecule has 0 spiro atoms. The lowest BCUT2D eigenvalue weighted by molar-refractivity contribution is -0.137. The number of alkyl halides is 3. The Morgan fingerprint density at radius 3 is 2.28 bits per heavy atom. The minimum absolute atomic E-state index is 0.564. The number of rotatable bonds is 1. The number of benzene rings is 1. The lowest BCUT2D eigenvalue weighted by atomic mass is 10.1. The van der Waals surface area contributed by atoms with E-state index in [-0.39, 0.29) is 0 Å². The highest BCUT2D eigenvalue weighted by Gasteiger charge is 2.30. The normalized spacial score (nSPS) is 16.1. The number of hydrogen-bond acceptors (Lipinski definition) is 2. The molecule has 0 radical (unpaired) electrons. The SMILES string of the molecule is N#CC1=CCN(c2ccc(C(F)(F)F)cc2)CC1. The quantitative estimate of drug-likeness (QED) is 0.766. The smallest absolute Gasteiger partial charge is 0.367 e. The molecular formula is C13H11F3N2. The van der Waals surface area contributed by atoms with E-state index >= 15 is 0 Å². The zero-order chi connectivity index (χ0) is 13.2. The van der Waals surface area contributed by atoms with Gasteiger partial charge in [0.05, 0.1) is 11.6 Å². The standard InChI is InChI=1S/C13H11F3N2/c14-13(15,16)11-1-3-12(4-2-11)18-7-5-10(9-17)6-8-18/h1-5H,6-8H2. The molecule has 0 fully saturated rings. The van der Waals surface area contributed by atoms with Crippen LogP contribution in [0.1, 0.15) is 12.0 Å². The second-order valence-corrected chi connectivity index (χ2v) is 4.08. The van der Waals surface area contributed by atoms with Crippen molar-refractivity contribution in [2.24, 2.45) is 0 Å². The molecule has 1 aromatic carbocycles. The van der Waals surface area contributed by atoms with E-state index in [0.717, 1.165) is 23.4 Å². The van der Waals surface area contributed by atoms with Crippen molar-refractivity contribution in [3.8, 4) is 6.07 Å². The molecule has 0 unspecified atom stereocenters. The summed E-state index contributed by atoms with van der Waals surface area (Å²) >= 11 is 0. The van der Waals surface area contributed by atoms with Crippen molar-refractivity contribution in [2.75, 3.05) is 18.0 Å². The summed E-state index contributed by atoms with van der Waals surface area (Å²) in [7, 11) is 0. The fraction of sp³-hybridized carbons (Fsp3) is 0.308. The Hall–Kier alpha value is -1.96. The Balaban J connectivity index is 2.12. The Bertz CT molecular complexity index is 494. The van der Waals surface area contributed by atoms with Crippen LogP contribution in [-0.4, -0.2) is 13.1 Å². The molecule has 1 aliphatic heterocycles. The number of nitrogens with zero attached hydrogens (tertiary/aromatic N) is 2. The highest BCUT2D eigenvalue weighted by atomic mass is 19.4. The molecule has 18 heavy (non-hydrogen) atoms. The van der Waals surface area contributed by atoms with Crippen molar-refractivity contribution in [1.29, 1.82) is 5.26 Å². The molecular weight excluding hydrogens is 241 g/mol. The first kappa shape index (κ1) is 12.5. The van der Waals surface area contributed by atoms with E-state index < -0.39 is 11.7 Å². The fourth-order valence-corrected chi connectivity index (χ4v) is 1.87. The molecule has 1 heterocycles. The van der Waals surface area contributed by atoms with Crippen LogP contribution in [0.25, 0.3) is 0 Å². The van der Waals surface area contributed by atoms with E-state index in [2.05, 4.69) is 6.07 Å². The fourth-order valence-electron chi connectivity index (χ4n) is 1.87. The largest absolute Gasteiger partial charge is 0.416 e. The maximum absolute atomic E-state index is 12.4. The van der Waals surface area contributed by atoms with Crippen LogP contribution in [0.5, 0.6) is 0 Å². The van der Waals surface area contributed by atoms with Crippen LogP contribution in [0.3, 0.4) is 0 Å². The third-order valence-corrected chi connectivity index (χ3v) is 2.91. The Kier molecular flexibility index (Phi) is 3.28. The van der Waals surface area contributed by atoms with Crippen molar-refractivity contribution in [3.05, 3.63) is 41.5 Å². The van der Waals surface area contributed by atoms with Crippen LogP contribution < -0.4 is 4.90 Å². The molecule has 0 aliphatic carbocycles. The zero-order valence-electron chi connectivity index (χ0n) is 9.54. The van der Waals surface area contributed by atoms with Crippen molar-refractivity contribution >= 4 is 5.69 Å². The van der Waals surface area contributed by atoms with E-state index in [4.69, 9.17) is 5.26 Å². The summed E-state index contributed by atoms with van der Waals surface area (Å²) in [4.78, 5) is 1.95. The van der Waals surface area contributed by atoms with Gasteiger partial charge >= 0.3 is 6.18 Å². The van der Waals surface area contributed by atoms with Gasteiger partial charge < -0.3 is 4.90 Å². The summed E-state index contributed by atoms with van der Waals surface area (Å²) in [6.45, 7) is 1.22. The second-order valence-electron chi connectivity index (χ2n) is 4.08. The molecule has 0 saturated heterocycles. The van der Waals surface area contributed by atoms with Crippen molar-refractivity contribution in [1.82, 2.24) is 0 Å². The van der Waals surface area contributed by atoms with Gasteiger partial charge in [-0.3, -0.25) is 0 Å². The Morgan fingerprint density at radius 2 is 1.83 bits per heavy atom. The number of anilines is 1. The van der Waals surface area contributed by atoms with Gasteiger partial charge in [0.1, 0.15) is 0 Å². The average molecular weight is 252 g/mol. The predicted octanol–water partition coefficient (Wildman–Crippen LogP) is 3.37. The molecule has 0 saturated carbocycles. The highest BCUT2D eigenvalue weighted by Crippen LogP contribution is 2.30. The molecule has 94 valence electrons. The molecule has 0 bridgehead atoms. The number of nitriles is 1. The van der Waals surface area contributed by atoms with Gasteiger partial charge in [-0.05, 0) is 30.7 Å². The number of hydrogen-bond donors (Lipinski definition) is 0. The zero-order valence-corrected chi connectivity index (χ0v) is 9.54. The van der Waals surface area contributed by atoms with Crippen LogP contribution in [0.2, 0.25) is 0 Å². The second kappa shape index (κ2) is 4.73. The summed E-state index contributed by atoms with van der Waals surface area (Å²) in [5.41, 5.74) is 0.839. The van der Waals surface area contributed by atoms with E-state index in [1.165, 1.54) is 12.1 Å². The molecule has 0 aromatic heterocycles. The molecule has 1 aliphatic rings. The highest BCUT2D eigenvalue weighted by molar-refractivity contribution is 5.50. The van der Waals surface area contributed by atoms with E-state index in [1.54, 1.807) is 6.08 Å². The van der Waals surface area contributed by atoms with Crippen LogP contribution in [0, 0.1) is 11.3 Å². The van der Waals surface area contributed by atoms with Gasteiger partial charge in [0.15, 0.2) is 0 Å². The third kappa shape index (κ3) is 2.65. The van der Waals surface area contributed by atoms with Crippen molar-refractivity contribution < 1.29 is 13.2 Å². The minimum Gasteiger partial charge on any atom is -0.367 e. The van der Waals surface area contributed by atoms with E-state index in [1.807, 2.05) is 4.90 Å². The third-order valence-electron chi connectivity index (χ3n) is 2.91. The lowest BCUT2D eigenvalue weighted by Gasteiger charge is -2.27. The summed E-state index contributed by atoms with van der Waals surface area (Å²) in [6.07, 6.45) is -1.85. The van der Waals surface area contributed by atoms with Gasteiger partial charge in [-0.1, -0.05) is 6.08 Å². The van der Waals surface area contributed by atoms with Gasteiger partial charge in [0, 0.05) is 24.4 Å². The first-order chi connectivity index (χ1) is 8.50. The topological polar surface area (TPSA) is 27.0 Å². The predicted molar refractivity (Wildman–Crippen MR) is 62.0 cm³/mol.